The van der Waals surface area contributed by atoms with E-state index >= 15 is 0 Å². The van der Waals surface area contributed by atoms with Crippen LogP contribution in [0.3, 0.4) is 0 Å². The van der Waals surface area contributed by atoms with Crippen LogP contribution in [-0.2, 0) is 9.53 Å². The van der Waals surface area contributed by atoms with E-state index in [0.717, 1.165) is 32.1 Å². The molecule has 0 atom stereocenters. The maximum Gasteiger partial charge on any atom is 0.305 e. The van der Waals surface area contributed by atoms with E-state index < -0.39 is 0 Å². The van der Waals surface area contributed by atoms with Gasteiger partial charge in [0, 0.05) is 6.42 Å². The van der Waals surface area contributed by atoms with E-state index in [0.29, 0.717) is 13.0 Å². The first-order chi connectivity index (χ1) is 10.3. The number of rotatable bonds is 15. The fourth-order valence-electron chi connectivity index (χ4n) is 2.21. The first-order valence-electron chi connectivity index (χ1n) is 9.11. The molecular weight excluding hydrogens is 260 g/mol. The molecule has 0 aliphatic heterocycles. The number of esters is 1. The van der Waals surface area contributed by atoms with Gasteiger partial charge in [-0.2, -0.15) is 0 Å². The van der Waals surface area contributed by atoms with Crippen molar-refractivity contribution in [3.8, 4) is 0 Å². The molecule has 0 fully saturated rings. The van der Waals surface area contributed by atoms with Crippen LogP contribution < -0.4 is 0 Å². The van der Waals surface area contributed by atoms with Crippen LogP contribution in [0.4, 0.5) is 0 Å². The molecular formula is C19H36O2. The summed E-state index contributed by atoms with van der Waals surface area (Å²) in [5.41, 5.74) is 0. The Bertz CT molecular complexity index is 246. The van der Waals surface area contributed by atoms with E-state index in [4.69, 9.17) is 4.74 Å². The van der Waals surface area contributed by atoms with Gasteiger partial charge in [-0.05, 0) is 38.5 Å². The maximum absolute atomic E-state index is 11.4. The van der Waals surface area contributed by atoms with Crippen molar-refractivity contribution < 1.29 is 9.53 Å². The van der Waals surface area contributed by atoms with E-state index in [1.165, 1.54) is 44.9 Å². The SMILES string of the molecule is CCCCCCCC/C=C/CCCCC(=O)OCCCC. The molecule has 0 aromatic carbocycles. The van der Waals surface area contributed by atoms with E-state index in [1.807, 2.05) is 0 Å². The molecule has 0 spiro atoms. The van der Waals surface area contributed by atoms with Crippen molar-refractivity contribution in [3.63, 3.8) is 0 Å². The van der Waals surface area contributed by atoms with E-state index in [1.54, 1.807) is 0 Å². The van der Waals surface area contributed by atoms with Gasteiger partial charge >= 0.3 is 5.97 Å². The number of allylic oxidation sites excluding steroid dienone is 2. The molecule has 0 heterocycles. The third-order valence-electron chi connectivity index (χ3n) is 3.65. The number of hydrogen-bond acceptors (Lipinski definition) is 2. The number of carbonyl (C=O) groups excluding carboxylic acids is 1. The Morgan fingerprint density at radius 2 is 1.33 bits per heavy atom. The number of ether oxygens (including phenoxy) is 1. The van der Waals surface area contributed by atoms with Crippen LogP contribution in [0.1, 0.15) is 97.3 Å². The molecule has 21 heavy (non-hydrogen) atoms. The van der Waals surface area contributed by atoms with Crippen LogP contribution in [0.5, 0.6) is 0 Å². The van der Waals surface area contributed by atoms with Gasteiger partial charge in [0.25, 0.3) is 0 Å². The summed E-state index contributed by atoms with van der Waals surface area (Å²) in [5, 5.41) is 0. The molecule has 0 bridgehead atoms. The number of unbranched alkanes of at least 4 members (excludes halogenated alkanes) is 9. The van der Waals surface area contributed by atoms with Crippen LogP contribution in [-0.4, -0.2) is 12.6 Å². The summed E-state index contributed by atoms with van der Waals surface area (Å²) in [6.45, 7) is 4.95. The Morgan fingerprint density at radius 3 is 2.00 bits per heavy atom. The third-order valence-corrected chi connectivity index (χ3v) is 3.65. The molecule has 0 saturated heterocycles. The van der Waals surface area contributed by atoms with Crippen molar-refractivity contribution in [2.45, 2.75) is 97.3 Å². The standard InChI is InChI=1S/C19H36O2/c1-3-5-7-8-9-10-11-12-13-14-15-16-17-19(20)21-18-6-4-2/h12-13H,3-11,14-18H2,1-2H3/b13-12+. The smallest absolute Gasteiger partial charge is 0.305 e. The normalized spacial score (nSPS) is 11.1. The lowest BCUT2D eigenvalue weighted by Crippen LogP contribution is -2.05. The molecule has 0 saturated carbocycles. The summed E-state index contributed by atoms with van der Waals surface area (Å²) >= 11 is 0. The van der Waals surface area contributed by atoms with Gasteiger partial charge in [-0.25, -0.2) is 0 Å². The van der Waals surface area contributed by atoms with Crippen molar-refractivity contribution >= 4 is 5.97 Å². The fourth-order valence-corrected chi connectivity index (χ4v) is 2.21. The Labute approximate surface area is 132 Å². The molecule has 0 amide bonds. The first-order valence-corrected chi connectivity index (χ1v) is 9.11. The highest BCUT2D eigenvalue weighted by Gasteiger charge is 2.00. The largest absolute Gasteiger partial charge is 0.466 e. The number of carbonyl (C=O) groups is 1. The summed E-state index contributed by atoms with van der Waals surface area (Å²) in [4.78, 5) is 11.4. The number of hydrogen-bond donors (Lipinski definition) is 0. The monoisotopic (exact) mass is 296 g/mol. The van der Waals surface area contributed by atoms with E-state index in [9.17, 15) is 4.79 Å². The maximum atomic E-state index is 11.4. The zero-order valence-electron chi connectivity index (χ0n) is 14.4. The zero-order valence-corrected chi connectivity index (χ0v) is 14.4. The summed E-state index contributed by atoms with van der Waals surface area (Å²) in [5.74, 6) is -0.0282. The van der Waals surface area contributed by atoms with Gasteiger partial charge in [0.2, 0.25) is 0 Å². The molecule has 124 valence electrons. The summed E-state index contributed by atoms with van der Waals surface area (Å²) in [6.07, 6.45) is 19.8. The highest BCUT2D eigenvalue weighted by atomic mass is 16.5. The van der Waals surface area contributed by atoms with Crippen molar-refractivity contribution in [2.75, 3.05) is 6.61 Å². The van der Waals surface area contributed by atoms with Gasteiger partial charge in [-0.3, -0.25) is 4.79 Å². The second kappa shape index (κ2) is 17.3. The fraction of sp³-hybridized carbons (Fsp3) is 0.842. The second-order valence-electron chi connectivity index (χ2n) is 5.85. The Morgan fingerprint density at radius 1 is 0.762 bits per heavy atom. The van der Waals surface area contributed by atoms with Crippen LogP contribution in [0, 0.1) is 0 Å². The highest BCUT2D eigenvalue weighted by molar-refractivity contribution is 5.69. The van der Waals surface area contributed by atoms with Gasteiger partial charge in [0.1, 0.15) is 0 Å². The molecule has 2 nitrogen and oxygen atoms in total. The topological polar surface area (TPSA) is 26.3 Å². The lowest BCUT2D eigenvalue weighted by atomic mass is 10.1. The lowest BCUT2D eigenvalue weighted by Gasteiger charge is -2.02. The molecule has 0 unspecified atom stereocenters. The van der Waals surface area contributed by atoms with Gasteiger partial charge in [0.15, 0.2) is 0 Å². The molecule has 0 aliphatic carbocycles. The van der Waals surface area contributed by atoms with Crippen LogP contribution in [0.15, 0.2) is 12.2 Å². The third kappa shape index (κ3) is 17.2. The van der Waals surface area contributed by atoms with Gasteiger partial charge in [0.05, 0.1) is 6.61 Å². The average Bonchev–Trinajstić information content (AvgIpc) is 2.48. The molecule has 0 radical (unpaired) electrons. The van der Waals surface area contributed by atoms with Crippen LogP contribution >= 0.6 is 0 Å². The minimum atomic E-state index is -0.0282. The Balaban J connectivity index is 3.19. The van der Waals surface area contributed by atoms with Crippen molar-refractivity contribution in [1.82, 2.24) is 0 Å². The quantitative estimate of drug-likeness (QED) is 0.204. The van der Waals surface area contributed by atoms with Crippen LogP contribution in [0.2, 0.25) is 0 Å². The van der Waals surface area contributed by atoms with Gasteiger partial charge in [-0.15, -0.1) is 0 Å². The summed E-state index contributed by atoms with van der Waals surface area (Å²) < 4.78 is 5.13. The molecule has 0 aromatic heterocycles. The molecule has 2 heteroatoms. The van der Waals surface area contributed by atoms with Crippen molar-refractivity contribution in [2.24, 2.45) is 0 Å². The zero-order chi connectivity index (χ0) is 15.6. The minimum Gasteiger partial charge on any atom is -0.466 e. The minimum absolute atomic E-state index is 0.0282. The molecule has 0 aromatic rings. The lowest BCUT2D eigenvalue weighted by molar-refractivity contribution is -0.143. The molecule has 0 aliphatic rings. The Hall–Kier alpha value is -0.790. The van der Waals surface area contributed by atoms with E-state index in [2.05, 4.69) is 26.0 Å². The van der Waals surface area contributed by atoms with E-state index in [-0.39, 0.29) is 5.97 Å². The Kier molecular flexibility index (Phi) is 16.6. The molecule has 0 N–H and O–H groups in total. The highest BCUT2D eigenvalue weighted by Crippen LogP contribution is 2.08. The predicted molar refractivity (Wildman–Crippen MR) is 91.5 cm³/mol. The van der Waals surface area contributed by atoms with Gasteiger partial charge < -0.3 is 4.74 Å². The summed E-state index contributed by atoms with van der Waals surface area (Å²) in [6, 6.07) is 0. The average molecular weight is 296 g/mol. The van der Waals surface area contributed by atoms with Gasteiger partial charge in [-0.1, -0.05) is 64.5 Å². The van der Waals surface area contributed by atoms with Crippen molar-refractivity contribution in [1.29, 1.82) is 0 Å². The predicted octanol–water partition coefficient (Wildman–Crippen LogP) is 6.20. The summed E-state index contributed by atoms with van der Waals surface area (Å²) in [7, 11) is 0. The second-order valence-corrected chi connectivity index (χ2v) is 5.85. The van der Waals surface area contributed by atoms with Crippen molar-refractivity contribution in [3.05, 3.63) is 12.2 Å². The molecule has 0 rings (SSSR count). The van der Waals surface area contributed by atoms with Crippen LogP contribution in [0.25, 0.3) is 0 Å². The first kappa shape index (κ1) is 20.2.